The summed E-state index contributed by atoms with van der Waals surface area (Å²) in [4.78, 5) is 17.8. The highest BCUT2D eigenvalue weighted by atomic mass is 32.2. The van der Waals surface area contributed by atoms with E-state index in [-0.39, 0.29) is 0 Å². The second kappa shape index (κ2) is 7.71. The summed E-state index contributed by atoms with van der Waals surface area (Å²) in [6, 6.07) is 2.96. The summed E-state index contributed by atoms with van der Waals surface area (Å²) in [6.07, 6.45) is 9.65. The number of likely N-dealkylation sites (tertiary alicyclic amines) is 1. The first-order chi connectivity index (χ1) is 15.4. The Morgan fingerprint density at radius 2 is 1.53 bits per heavy atom. The molecule has 8 heteroatoms. The molecular formula is C24H34N4O3S. The Kier molecular flexibility index (Phi) is 5.04. The molecule has 3 heterocycles. The number of amides is 2. The molecule has 174 valence electrons. The summed E-state index contributed by atoms with van der Waals surface area (Å²) in [5.41, 5.74) is 5.98. The highest BCUT2D eigenvalue weighted by molar-refractivity contribution is 7.90. The Hall–Kier alpha value is -1.64. The predicted octanol–water partition coefficient (Wildman–Crippen LogP) is 2.42. The second-order valence-electron chi connectivity index (χ2n) is 10.6. The maximum Gasteiger partial charge on any atom is 0.332 e. The number of piperidine rings is 1. The molecule has 0 radical (unpaired) electrons. The van der Waals surface area contributed by atoms with Crippen molar-refractivity contribution in [2.75, 3.05) is 25.5 Å². The fourth-order valence-electron chi connectivity index (χ4n) is 7.19. The number of hydrogen-bond donors (Lipinski definition) is 2. The maximum absolute atomic E-state index is 13.2. The molecule has 3 aliphatic heterocycles. The predicted molar refractivity (Wildman–Crippen MR) is 125 cm³/mol. The lowest BCUT2D eigenvalue weighted by Gasteiger charge is -2.50. The van der Waals surface area contributed by atoms with Gasteiger partial charge in [0, 0.05) is 36.9 Å². The molecule has 2 aliphatic carbocycles. The van der Waals surface area contributed by atoms with Gasteiger partial charge in [0.15, 0.2) is 0 Å². The number of nitrogens with zero attached hydrogens (tertiary/aromatic N) is 2. The standard InChI is InChI=1S/C24H34N4O3S/c1-27-13-19(14-27)28-17-8-9-18(28)12-20(11-17)32(30,31)26-24(29)25-23-21-6-2-4-15(21)10-16-5-3-7-22(16)23/h10,17-20H,2-9,11-14H2,1H3,(H2,25,26,29)/t17-,18+,20+. The van der Waals surface area contributed by atoms with Gasteiger partial charge in [-0.15, -0.1) is 0 Å². The van der Waals surface area contributed by atoms with Crippen LogP contribution >= 0.6 is 0 Å². The highest BCUT2D eigenvalue weighted by Crippen LogP contribution is 2.41. The van der Waals surface area contributed by atoms with Gasteiger partial charge >= 0.3 is 6.03 Å². The zero-order chi connectivity index (χ0) is 22.0. The molecule has 1 aromatic rings. The number of anilines is 1. The van der Waals surface area contributed by atoms with Gasteiger partial charge in [-0.05, 0) is 93.5 Å². The third-order valence-electron chi connectivity index (χ3n) is 8.60. The number of rotatable bonds is 4. The average Bonchev–Trinajstić information content (AvgIpc) is 3.42. The summed E-state index contributed by atoms with van der Waals surface area (Å²) in [7, 11) is -1.57. The summed E-state index contributed by atoms with van der Waals surface area (Å²) in [5, 5.41) is 2.50. The van der Waals surface area contributed by atoms with Crippen LogP contribution in [0.4, 0.5) is 10.5 Å². The molecule has 2 bridgehead atoms. The second-order valence-corrected chi connectivity index (χ2v) is 12.6. The Bertz CT molecular complexity index is 1000. The van der Waals surface area contributed by atoms with E-state index in [0.29, 0.717) is 31.0 Å². The van der Waals surface area contributed by atoms with Gasteiger partial charge in [0.2, 0.25) is 10.0 Å². The maximum atomic E-state index is 13.2. The molecule has 32 heavy (non-hydrogen) atoms. The van der Waals surface area contributed by atoms with Crippen molar-refractivity contribution in [2.24, 2.45) is 0 Å². The minimum absolute atomic E-state index is 0.331. The van der Waals surface area contributed by atoms with Crippen LogP contribution < -0.4 is 10.0 Å². The number of hydrogen-bond acceptors (Lipinski definition) is 5. The molecular weight excluding hydrogens is 424 g/mol. The van der Waals surface area contributed by atoms with Crippen LogP contribution in [-0.4, -0.2) is 67.8 Å². The number of carbonyl (C=O) groups is 1. The van der Waals surface area contributed by atoms with Crippen molar-refractivity contribution in [3.05, 3.63) is 28.3 Å². The Morgan fingerprint density at radius 3 is 2.09 bits per heavy atom. The van der Waals surface area contributed by atoms with E-state index in [1.807, 2.05) is 0 Å². The first-order valence-corrected chi connectivity index (χ1v) is 13.9. The molecule has 3 saturated heterocycles. The number of aryl methyl sites for hydroxylation is 2. The molecule has 0 unspecified atom stereocenters. The van der Waals surface area contributed by atoms with Crippen molar-refractivity contribution in [1.29, 1.82) is 0 Å². The lowest BCUT2D eigenvalue weighted by molar-refractivity contribution is 0.000515. The number of likely N-dealkylation sites (N-methyl/N-ethyl adjacent to an activating group) is 1. The molecule has 0 aromatic heterocycles. The molecule has 2 amide bonds. The van der Waals surface area contributed by atoms with Crippen LogP contribution in [0, 0.1) is 0 Å². The lowest BCUT2D eigenvalue weighted by Crippen LogP contribution is -2.63. The van der Waals surface area contributed by atoms with Crippen LogP contribution in [0.2, 0.25) is 0 Å². The largest absolute Gasteiger partial charge is 0.332 e. The first kappa shape index (κ1) is 20.9. The van der Waals surface area contributed by atoms with Crippen LogP contribution in [0.1, 0.15) is 60.8 Å². The fourth-order valence-corrected chi connectivity index (χ4v) is 8.61. The van der Waals surface area contributed by atoms with E-state index in [4.69, 9.17) is 0 Å². The van der Waals surface area contributed by atoms with Crippen LogP contribution in [0.3, 0.4) is 0 Å². The minimum atomic E-state index is -3.70. The molecule has 3 atom stereocenters. The van der Waals surface area contributed by atoms with Crippen molar-refractivity contribution >= 4 is 21.7 Å². The van der Waals surface area contributed by atoms with E-state index in [9.17, 15) is 13.2 Å². The Balaban J connectivity index is 1.15. The van der Waals surface area contributed by atoms with Crippen molar-refractivity contribution in [3.8, 4) is 0 Å². The van der Waals surface area contributed by atoms with Crippen molar-refractivity contribution in [3.63, 3.8) is 0 Å². The zero-order valence-electron chi connectivity index (χ0n) is 18.9. The lowest BCUT2D eigenvalue weighted by atomic mass is 9.96. The topological polar surface area (TPSA) is 81.8 Å². The number of carbonyl (C=O) groups excluding carboxylic acids is 1. The zero-order valence-corrected chi connectivity index (χ0v) is 19.7. The van der Waals surface area contributed by atoms with Crippen LogP contribution in [0.5, 0.6) is 0 Å². The van der Waals surface area contributed by atoms with Crippen LogP contribution in [0.25, 0.3) is 0 Å². The number of urea groups is 1. The van der Waals surface area contributed by atoms with Gasteiger partial charge in [-0.3, -0.25) is 4.90 Å². The number of benzene rings is 1. The molecule has 0 saturated carbocycles. The van der Waals surface area contributed by atoms with Crippen molar-refractivity contribution in [2.45, 2.75) is 87.6 Å². The van der Waals surface area contributed by atoms with E-state index < -0.39 is 21.3 Å². The van der Waals surface area contributed by atoms with Crippen LogP contribution in [-0.2, 0) is 35.7 Å². The van der Waals surface area contributed by atoms with Crippen molar-refractivity contribution < 1.29 is 13.2 Å². The molecule has 1 aromatic carbocycles. The van der Waals surface area contributed by atoms with E-state index in [0.717, 1.165) is 70.1 Å². The quantitative estimate of drug-likeness (QED) is 0.724. The average molecular weight is 459 g/mol. The molecule has 5 aliphatic rings. The summed E-state index contributed by atoms with van der Waals surface area (Å²) in [6.45, 7) is 2.16. The van der Waals surface area contributed by atoms with E-state index >= 15 is 0 Å². The van der Waals surface area contributed by atoms with Crippen LogP contribution in [0.15, 0.2) is 6.07 Å². The Labute approximate surface area is 191 Å². The third kappa shape index (κ3) is 3.46. The van der Waals surface area contributed by atoms with Gasteiger partial charge < -0.3 is 10.2 Å². The first-order valence-electron chi connectivity index (χ1n) is 12.3. The smallest absolute Gasteiger partial charge is 0.307 e. The minimum Gasteiger partial charge on any atom is -0.307 e. The molecule has 7 nitrogen and oxygen atoms in total. The monoisotopic (exact) mass is 458 g/mol. The van der Waals surface area contributed by atoms with Gasteiger partial charge in [0.25, 0.3) is 0 Å². The summed E-state index contributed by atoms with van der Waals surface area (Å²) in [5.74, 6) is 0. The van der Waals surface area contributed by atoms with E-state index in [2.05, 4.69) is 33.0 Å². The molecule has 2 N–H and O–H groups in total. The van der Waals surface area contributed by atoms with Gasteiger partial charge in [0.1, 0.15) is 0 Å². The molecule has 3 fully saturated rings. The summed E-state index contributed by atoms with van der Waals surface area (Å²) < 4.78 is 28.8. The van der Waals surface area contributed by atoms with Gasteiger partial charge in [-0.2, -0.15) is 0 Å². The van der Waals surface area contributed by atoms with E-state index in [1.54, 1.807) is 0 Å². The SMILES string of the molecule is CN1CC(N2[C@@H]3CC[C@H]2C[C@@H](S(=O)(=O)NC(=O)Nc2c4c(cc5c2CCC5)CCC4)C3)C1. The normalized spacial score (nSPS) is 30.1. The van der Waals surface area contributed by atoms with Gasteiger partial charge in [-0.1, -0.05) is 6.07 Å². The highest BCUT2D eigenvalue weighted by Gasteiger charge is 2.49. The van der Waals surface area contributed by atoms with Gasteiger partial charge in [-0.25, -0.2) is 17.9 Å². The van der Waals surface area contributed by atoms with Crippen molar-refractivity contribution in [1.82, 2.24) is 14.5 Å². The van der Waals surface area contributed by atoms with Gasteiger partial charge in [0.05, 0.1) is 5.25 Å². The fraction of sp³-hybridized carbons (Fsp3) is 0.708. The number of nitrogens with one attached hydrogen (secondary N) is 2. The number of fused-ring (bicyclic) bond motifs is 4. The number of sulfonamides is 1. The molecule has 6 rings (SSSR count). The Morgan fingerprint density at radius 1 is 0.938 bits per heavy atom. The van der Waals surface area contributed by atoms with E-state index in [1.165, 1.54) is 22.3 Å². The molecule has 0 spiro atoms. The summed E-state index contributed by atoms with van der Waals surface area (Å²) >= 11 is 0. The third-order valence-corrected chi connectivity index (χ3v) is 10.3.